The standard InChI is InChI=1S/C15H17N3O4/c1-18(2)14-8-12(15(19)20)16-13(17-14)9-22-11-6-4-10(21-3)5-7-11/h4-8H,9H2,1-3H3,(H,19,20). The molecule has 22 heavy (non-hydrogen) atoms. The van der Waals surface area contributed by atoms with Crippen LogP contribution in [0.2, 0.25) is 0 Å². The van der Waals surface area contributed by atoms with Crippen molar-refractivity contribution < 1.29 is 19.4 Å². The molecule has 7 nitrogen and oxygen atoms in total. The first kappa shape index (κ1) is 15.6. The molecule has 0 saturated carbocycles. The smallest absolute Gasteiger partial charge is 0.354 e. The van der Waals surface area contributed by atoms with Crippen LogP contribution in [0.1, 0.15) is 16.3 Å². The second kappa shape index (κ2) is 6.75. The Morgan fingerprint density at radius 3 is 2.36 bits per heavy atom. The minimum Gasteiger partial charge on any atom is -0.497 e. The molecule has 0 atom stereocenters. The van der Waals surface area contributed by atoms with Gasteiger partial charge in [-0.2, -0.15) is 0 Å². The first-order valence-corrected chi connectivity index (χ1v) is 6.55. The summed E-state index contributed by atoms with van der Waals surface area (Å²) in [7, 11) is 5.15. The number of carboxylic acid groups (broad SMARTS) is 1. The van der Waals surface area contributed by atoms with Gasteiger partial charge in [0, 0.05) is 20.2 Å². The van der Waals surface area contributed by atoms with Crippen LogP contribution in [0.15, 0.2) is 30.3 Å². The molecule has 0 fully saturated rings. The van der Waals surface area contributed by atoms with Crippen molar-refractivity contribution in [3.63, 3.8) is 0 Å². The van der Waals surface area contributed by atoms with Gasteiger partial charge in [0.05, 0.1) is 7.11 Å². The zero-order valence-corrected chi connectivity index (χ0v) is 12.6. The summed E-state index contributed by atoms with van der Waals surface area (Å²) in [6.07, 6.45) is 0. The van der Waals surface area contributed by atoms with Gasteiger partial charge in [-0.3, -0.25) is 0 Å². The molecule has 7 heteroatoms. The highest BCUT2D eigenvalue weighted by atomic mass is 16.5. The highest BCUT2D eigenvalue weighted by molar-refractivity contribution is 5.86. The first-order valence-electron chi connectivity index (χ1n) is 6.55. The molecule has 0 aliphatic carbocycles. The van der Waals surface area contributed by atoms with Crippen molar-refractivity contribution in [1.29, 1.82) is 0 Å². The normalized spacial score (nSPS) is 10.1. The summed E-state index contributed by atoms with van der Waals surface area (Å²) >= 11 is 0. The number of carbonyl (C=O) groups is 1. The number of hydrogen-bond donors (Lipinski definition) is 1. The van der Waals surface area contributed by atoms with E-state index in [4.69, 9.17) is 14.6 Å². The molecule has 2 rings (SSSR count). The molecule has 1 N–H and O–H groups in total. The average molecular weight is 303 g/mol. The van der Waals surface area contributed by atoms with Crippen molar-refractivity contribution in [3.05, 3.63) is 41.9 Å². The molecule has 1 aromatic carbocycles. The maximum absolute atomic E-state index is 11.1. The molecule has 0 amide bonds. The van der Waals surface area contributed by atoms with Gasteiger partial charge in [-0.15, -0.1) is 0 Å². The number of hydrogen-bond acceptors (Lipinski definition) is 6. The number of rotatable bonds is 6. The summed E-state index contributed by atoms with van der Waals surface area (Å²) < 4.78 is 10.6. The largest absolute Gasteiger partial charge is 0.497 e. The lowest BCUT2D eigenvalue weighted by atomic mass is 10.3. The van der Waals surface area contributed by atoms with E-state index in [9.17, 15) is 4.79 Å². The fraction of sp³-hybridized carbons (Fsp3) is 0.267. The van der Waals surface area contributed by atoms with Crippen molar-refractivity contribution in [2.45, 2.75) is 6.61 Å². The summed E-state index contributed by atoms with van der Waals surface area (Å²) in [5.41, 5.74) is -0.0629. The fourth-order valence-corrected chi connectivity index (χ4v) is 1.71. The van der Waals surface area contributed by atoms with Crippen LogP contribution in [0.5, 0.6) is 11.5 Å². The van der Waals surface area contributed by atoms with Crippen LogP contribution in [0.3, 0.4) is 0 Å². The van der Waals surface area contributed by atoms with E-state index in [1.807, 2.05) is 0 Å². The molecule has 0 bridgehead atoms. The van der Waals surface area contributed by atoms with Crippen LogP contribution in [0, 0.1) is 0 Å². The van der Waals surface area contributed by atoms with Gasteiger partial charge in [-0.05, 0) is 24.3 Å². The van der Waals surface area contributed by atoms with Crippen molar-refractivity contribution in [2.75, 3.05) is 26.1 Å². The van der Waals surface area contributed by atoms with Crippen molar-refractivity contribution in [2.24, 2.45) is 0 Å². The Balaban J connectivity index is 2.15. The third kappa shape index (κ3) is 3.85. The number of ether oxygens (including phenoxy) is 2. The Bertz CT molecular complexity index is 656. The first-order chi connectivity index (χ1) is 10.5. The fourth-order valence-electron chi connectivity index (χ4n) is 1.71. The second-order valence-corrected chi connectivity index (χ2v) is 4.69. The Hall–Kier alpha value is -2.83. The van der Waals surface area contributed by atoms with Crippen LogP contribution in [0.4, 0.5) is 5.82 Å². The van der Waals surface area contributed by atoms with E-state index in [1.165, 1.54) is 6.07 Å². The summed E-state index contributed by atoms with van der Waals surface area (Å²) in [6.45, 7) is 0.0777. The lowest BCUT2D eigenvalue weighted by molar-refractivity contribution is 0.0689. The Morgan fingerprint density at radius 2 is 1.82 bits per heavy atom. The molecule has 0 spiro atoms. The van der Waals surface area contributed by atoms with Crippen LogP contribution < -0.4 is 14.4 Å². The molecule has 0 saturated heterocycles. The van der Waals surface area contributed by atoms with E-state index in [0.29, 0.717) is 17.4 Å². The maximum Gasteiger partial charge on any atom is 0.354 e. The van der Waals surface area contributed by atoms with Gasteiger partial charge in [-0.25, -0.2) is 14.8 Å². The van der Waals surface area contributed by atoms with Gasteiger partial charge < -0.3 is 19.5 Å². The highest BCUT2D eigenvalue weighted by Gasteiger charge is 2.12. The van der Waals surface area contributed by atoms with Crippen molar-refractivity contribution in [3.8, 4) is 11.5 Å². The van der Waals surface area contributed by atoms with Gasteiger partial charge in [-0.1, -0.05) is 0 Å². The van der Waals surface area contributed by atoms with Crippen molar-refractivity contribution >= 4 is 11.8 Å². The van der Waals surface area contributed by atoms with E-state index in [2.05, 4.69) is 9.97 Å². The molecule has 0 aliphatic heterocycles. The molecule has 0 aliphatic rings. The summed E-state index contributed by atoms with van der Waals surface area (Å²) in [6, 6.07) is 8.48. The van der Waals surface area contributed by atoms with Crippen LogP contribution in [-0.4, -0.2) is 42.2 Å². The quantitative estimate of drug-likeness (QED) is 0.871. The summed E-state index contributed by atoms with van der Waals surface area (Å²) in [5, 5.41) is 9.09. The molecule has 0 unspecified atom stereocenters. The van der Waals surface area contributed by atoms with Gasteiger partial charge in [0.1, 0.15) is 23.9 Å². The molecule has 1 heterocycles. The number of aromatic carboxylic acids is 1. The zero-order chi connectivity index (χ0) is 16.1. The Labute approximate surface area is 128 Å². The monoisotopic (exact) mass is 303 g/mol. The highest BCUT2D eigenvalue weighted by Crippen LogP contribution is 2.18. The number of benzene rings is 1. The minimum absolute atomic E-state index is 0.0629. The molecule has 0 radical (unpaired) electrons. The Kier molecular flexibility index (Phi) is 4.77. The van der Waals surface area contributed by atoms with E-state index >= 15 is 0 Å². The predicted octanol–water partition coefficient (Wildman–Crippen LogP) is 1.83. The number of anilines is 1. The van der Waals surface area contributed by atoms with Crippen LogP contribution in [-0.2, 0) is 6.61 Å². The number of carboxylic acids is 1. The summed E-state index contributed by atoms with van der Waals surface area (Å²) in [5.74, 6) is 1.07. The van der Waals surface area contributed by atoms with Crippen molar-refractivity contribution in [1.82, 2.24) is 9.97 Å². The Morgan fingerprint density at radius 1 is 1.18 bits per heavy atom. The van der Waals surface area contributed by atoms with Crippen LogP contribution in [0.25, 0.3) is 0 Å². The van der Waals surface area contributed by atoms with Gasteiger partial charge in [0.25, 0.3) is 0 Å². The average Bonchev–Trinajstić information content (AvgIpc) is 2.53. The lowest BCUT2D eigenvalue weighted by Crippen LogP contribution is -2.16. The van der Waals surface area contributed by atoms with Crippen LogP contribution >= 0.6 is 0 Å². The molecular weight excluding hydrogens is 286 g/mol. The number of nitrogens with zero attached hydrogens (tertiary/aromatic N) is 3. The lowest BCUT2D eigenvalue weighted by Gasteiger charge is -2.13. The minimum atomic E-state index is -1.10. The SMILES string of the molecule is COc1ccc(OCc2nc(C(=O)O)cc(N(C)C)n2)cc1. The zero-order valence-electron chi connectivity index (χ0n) is 12.6. The van der Waals surface area contributed by atoms with E-state index in [-0.39, 0.29) is 12.3 Å². The van der Waals surface area contributed by atoms with E-state index in [0.717, 1.165) is 5.75 Å². The molecule has 1 aromatic heterocycles. The van der Waals surface area contributed by atoms with E-state index < -0.39 is 5.97 Å². The number of aromatic nitrogens is 2. The van der Waals surface area contributed by atoms with Gasteiger partial charge in [0.15, 0.2) is 11.5 Å². The van der Waals surface area contributed by atoms with Gasteiger partial charge in [0.2, 0.25) is 0 Å². The number of methoxy groups -OCH3 is 1. The molecular formula is C15H17N3O4. The topological polar surface area (TPSA) is 84.8 Å². The van der Waals surface area contributed by atoms with E-state index in [1.54, 1.807) is 50.4 Å². The third-order valence-corrected chi connectivity index (χ3v) is 2.86. The maximum atomic E-state index is 11.1. The molecule has 2 aromatic rings. The predicted molar refractivity (Wildman–Crippen MR) is 80.6 cm³/mol. The third-order valence-electron chi connectivity index (χ3n) is 2.86. The summed E-state index contributed by atoms with van der Waals surface area (Å²) in [4.78, 5) is 21.1. The molecule has 116 valence electrons. The van der Waals surface area contributed by atoms with Gasteiger partial charge >= 0.3 is 5.97 Å². The second-order valence-electron chi connectivity index (χ2n) is 4.69.